The molecule has 0 aliphatic carbocycles. The van der Waals surface area contributed by atoms with E-state index < -0.39 is 29.1 Å². The average molecular weight is 621 g/mol. The molecule has 3 heterocycles. The van der Waals surface area contributed by atoms with Crippen LogP contribution in [0.4, 0.5) is 13.6 Å². The number of pyridine rings is 1. The van der Waals surface area contributed by atoms with Gasteiger partial charge in [0.1, 0.15) is 17.9 Å². The van der Waals surface area contributed by atoms with Crippen LogP contribution in [0.5, 0.6) is 11.5 Å². The van der Waals surface area contributed by atoms with Crippen molar-refractivity contribution >= 4 is 17.4 Å². The second-order valence-electron chi connectivity index (χ2n) is 10.5. The van der Waals surface area contributed by atoms with Crippen molar-refractivity contribution in [1.29, 1.82) is 0 Å². The van der Waals surface area contributed by atoms with Crippen molar-refractivity contribution in [3.8, 4) is 28.3 Å². The first kappa shape index (κ1) is 29.9. The third-order valence-electron chi connectivity index (χ3n) is 7.40. The molecule has 3 aromatic heterocycles. The van der Waals surface area contributed by atoms with Crippen LogP contribution in [0.15, 0.2) is 108 Å². The zero-order valence-corrected chi connectivity index (χ0v) is 24.4. The summed E-state index contributed by atoms with van der Waals surface area (Å²) in [6.45, 7) is 1.66. The molecule has 46 heavy (non-hydrogen) atoms. The number of halogens is 2. The molecule has 6 aromatic rings. The van der Waals surface area contributed by atoms with Crippen LogP contribution in [-0.2, 0) is 17.8 Å². The van der Waals surface area contributed by atoms with Gasteiger partial charge >= 0.3 is 6.09 Å². The van der Waals surface area contributed by atoms with Crippen LogP contribution in [-0.4, -0.2) is 26.1 Å². The highest BCUT2D eigenvalue weighted by molar-refractivity contribution is 5.98. The van der Waals surface area contributed by atoms with Crippen molar-refractivity contribution < 1.29 is 27.8 Å². The average Bonchev–Trinajstić information content (AvgIpc) is 3.48. The van der Waals surface area contributed by atoms with E-state index in [0.29, 0.717) is 28.1 Å². The first-order valence-electron chi connectivity index (χ1n) is 14.1. The predicted molar refractivity (Wildman–Crippen MR) is 166 cm³/mol. The molecule has 0 radical (unpaired) electrons. The van der Waals surface area contributed by atoms with Gasteiger partial charge in [-0.25, -0.2) is 18.1 Å². The Bertz CT molecular complexity index is 2170. The number of hydrogen-bond acceptors (Lipinski definition) is 6. The molecule has 0 saturated heterocycles. The molecular formula is C35H26F2N4O5. The van der Waals surface area contributed by atoms with Crippen molar-refractivity contribution in [2.45, 2.75) is 20.0 Å². The highest BCUT2D eigenvalue weighted by atomic mass is 19.1. The zero-order valence-electron chi connectivity index (χ0n) is 24.4. The maximum absolute atomic E-state index is 15.4. The third-order valence-corrected chi connectivity index (χ3v) is 7.40. The number of ketones is 1. The van der Waals surface area contributed by atoms with E-state index in [9.17, 15) is 18.8 Å². The third kappa shape index (κ3) is 6.11. The molecule has 9 nitrogen and oxygen atoms in total. The predicted octanol–water partition coefficient (Wildman–Crippen LogP) is 6.55. The number of nitrogens with two attached hydrogens (primary N) is 1. The summed E-state index contributed by atoms with van der Waals surface area (Å²) in [6, 6.07) is 21.9. The number of amides is 1. The number of benzene rings is 3. The summed E-state index contributed by atoms with van der Waals surface area (Å²) in [5.74, 6) is -1.37. The van der Waals surface area contributed by atoms with E-state index in [0.717, 1.165) is 16.7 Å². The lowest BCUT2D eigenvalue weighted by Gasteiger charge is -2.12. The fourth-order valence-electron chi connectivity index (χ4n) is 5.21. The lowest BCUT2D eigenvalue weighted by Crippen LogP contribution is -2.27. The van der Waals surface area contributed by atoms with E-state index in [2.05, 4.69) is 5.10 Å². The van der Waals surface area contributed by atoms with Crippen LogP contribution in [0.3, 0.4) is 0 Å². The molecule has 0 saturated carbocycles. The zero-order chi connectivity index (χ0) is 32.4. The molecule has 230 valence electrons. The van der Waals surface area contributed by atoms with E-state index in [1.54, 1.807) is 41.9 Å². The highest BCUT2D eigenvalue weighted by Crippen LogP contribution is 2.35. The quantitative estimate of drug-likeness (QED) is 0.183. The highest BCUT2D eigenvalue weighted by Gasteiger charge is 2.19. The molecule has 0 fully saturated rings. The Labute approximate surface area is 261 Å². The Morgan fingerprint density at radius 2 is 1.70 bits per heavy atom. The summed E-state index contributed by atoms with van der Waals surface area (Å²) in [5.41, 5.74) is 8.58. The number of aromatic nitrogens is 3. The lowest BCUT2D eigenvalue weighted by atomic mass is 10.0. The van der Waals surface area contributed by atoms with Crippen LogP contribution >= 0.6 is 0 Å². The van der Waals surface area contributed by atoms with Crippen molar-refractivity contribution in [3.63, 3.8) is 0 Å². The molecule has 3 aromatic carbocycles. The van der Waals surface area contributed by atoms with Gasteiger partial charge in [0.15, 0.2) is 23.1 Å². The summed E-state index contributed by atoms with van der Waals surface area (Å²) in [4.78, 5) is 37.6. The number of hydrogen-bond donors (Lipinski definition) is 1. The summed E-state index contributed by atoms with van der Waals surface area (Å²) in [7, 11) is 0. The lowest BCUT2D eigenvalue weighted by molar-refractivity contribution is 0.0990. The van der Waals surface area contributed by atoms with E-state index >= 15 is 4.39 Å². The maximum Gasteiger partial charge on any atom is 0.404 e. The van der Waals surface area contributed by atoms with E-state index in [1.807, 2.05) is 24.3 Å². The SMILES string of the molecule is Cc1ccn(-c2ccc(F)cc2)c(=O)c1C(=O)Cc1ccc(Oc2ccnn3ccc(-c4cccc(COC(N)=O)c4)c23)c(F)c1. The van der Waals surface area contributed by atoms with E-state index in [-0.39, 0.29) is 24.3 Å². The van der Waals surface area contributed by atoms with Gasteiger partial charge in [-0.15, -0.1) is 0 Å². The van der Waals surface area contributed by atoms with Gasteiger partial charge in [-0.3, -0.25) is 14.2 Å². The molecular weight excluding hydrogens is 594 g/mol. The van der Waals surface area contributed by atoms with Gasteiger partial charge in [0, 0.05) is 36.1 Å². The largest absolute Gasteiger partial charge is 0.452 e. The summed E-state index contributed by atoms with van der Waals surface area (Å²) in [5, 5.41) is 4.33. The molecule has 0 bridgehead atoms. The Morgan fingerprint density at radius 3 is 2.46 bits per heavy atom. The van der Waals surface area contributed by atoms with Gasteiger partial charge in [0.2, 0.25) is 0 Å². The molecule has 6 rings (SSSR count). The number of aryl methyl sites for hydroxylation is 1. The normalized spacial score (nSPS) is 11.0. The molecule has 0 aliphatic rings. The van der Waals surface area contributed by atoms with Crippen molar-refractivity contribution in [1.82, 2.24) is 14.2 Å². The minimum Gasteiger partial charge on any atom is -0.452 e. The number of Topliss-reactive ketones (excluding diaryl/α,β-unsaturated/α-hetero) is 1. The van der Waals surface area contributed by atoms with Crippen LogP contribution < -0.4 is 16.0 Å². The Balaban J connectivity index is 1.25. The van der Waals surface area contributed by atoms with Gasteiger partial charge in [0.05, 0.1) is 11.8 Å². The second-order valence-corrected chi connectivity index (χ2v) is 10.5. The molecule has 11 heteroatoms. The number of primary amides is 1. The summed E-state index contributed by atoms with van der Waals surface area (Å²) >= 11 is 0. The van der Waals surface area contributed by atoms with Gasteiger partial charge in [-0.05, 0) is 83.8 Å². The monoisotopic (exact) mass is 620 g/mol. The first-order valence-corrected chi connectivity index (χ1v) is 14.1. The van der Waals surface area contributed by atoms with Crippen molar-refractivity contribution in [2.75, 3.05) is 0 Å². The molecule has 2 N–H and O–H groups in total. The fraction of sp³-hybridized carbons (Fsp3) is 0.0857. The first-order chi connectivity index (χ1) is 22.2. The number of carbonyl (C=O) groups excluding carboxylic acids is 2. The van der Waals surface area contributed by atoms with Gasteiger partial charge in [-0.1, -0.05) is 24.3 Å². The van der Waals surface area contributed by atoms with E-state index in [4.69, 9.17) is 15.2 Å². The Hall–Kier alpha value is -6.10. The standard InChI is InChI=1S/C35H26F2N4O5/c1-21-12-15-40(26-8-6-25(36)7-9-26)34(43)32(21)29(42)19-22-5-10-30(28(37)18-22)46-31-11-14-39-41-16-13-27(33(31)41)24-4-2-3-23(17-24)20-45-35(38)44/h2-18H,19-20H2,1H3,(H2,38,44). The second kappa shape index (κ2) is 12.5. The van der Waals surface area contributed by atoms with Gasteiger partial charge < -0.3 is 15.2 Å². The van der Waals surface area contributed by atoms with Gasteiger partial charge in [-0.2, -0.15) is 5.10 Å². The molecule has 1 amide bonds. The maximum atomic E-state index is 15.4. The summed E-state index contributed by atoms with van der Waals surface area (Å²) in [6.07, 6.45) is 3.69. The topological polar surface area (TPSA) is 118 Å². The fourth-order valence-corrected chi connectivity index (χ4v) is 5.21. The van der Waals surface area contributed by atoms with Crippen LogP contribution in [0.1, 0.15) is 27.0 Å². The number of fused-ring (bicyclic) bond motifs is 1. The minimum atomic E-state index is -0.877. The van der Waals surface area contributed by atoms with Crippen LogP contribution in [0.25, 0.3) is 22.3 Å². The molecule has 0 aliphatic heterocycles. The van der Waals surface area contributed by atoms with Crippen molar-refractivity contribution in [3.05, 3.63) is 148 Å². The summed E-state index contributed by atoms with van der Waals surface area (Å²) < 4.78 is 42.6. The number of carbonyl (C=O) groups is 2. The smallest absolute Gasteiger partial charge is 0.404 e. The van der Waals surface area contributed by atoms with Crippen molar-refractivity contribution in [2.24, 2.45) is 5.73 Å². The van der Waals surface area contributed by atoms with Crippen LogP contribution in [0, 0.1) is 18.6 Å². The Kier molecular flexibility index (Phi) is 8.13. The van der Waals surface area contributed by atoms with E-state index in [1.165, 1.54) is 53.4 Å². The number of nitrogens with zero attached hydrogens (tertiary/aromatic N) is 3. The molecule has 0 unspecified atom stereocenters. The Morgan fingerprint density at radius 1 is 0.891 bits per heavy atom. The molecule has 0 spiro atoms. The van der Waals surface area contributed by atoms with Gasteiger partial charge in [0.25, 0.3) is 5.56 Å². The number of rotatable bonds is 9. The minimum absolute atomic E-state index is 0.00481. The molecule has 0 atom stereocenters. The van der Waals surface area contributed by atoms with Crippen LogP contribution in [0.2, 0.25) is 0 Å². The number of ether oxygens (including phenoxy) is 2.